The lowest BCUT2D eigenvalue weighted by Gasteiger charge is -2.09. The molecule has 0 spiro atoms. The number of non-ortho nitro benzene ring substituents is 1. The van der Waals surface area contributed by atoms with E-state index < -0.39 is 10.8 Å². The molecule has 0 heterocycles. The van der Waals surface area contributed by atoms with Gasteiger partial charge < -0.3 is 15.4 Å². The maximum absolute atomic E-state index is 12.2. The first-order valence-electron chi connectivity index (χ1n) is 7.20. The quantitative estimate of drug-likeness (QED) is 0.345. The van der Waals surface area contributed by atoms with Crippen LogP contribution >= 0.6 is 11.6 Å². The zero-order chi connectivity index (χ0) is 19.1. The summed E-state index contributed by atoms with van der Waals surface area (Å²) in [5.41, 5.74) is 0.321. The summed E-state index contributed by atoms with van der Waals surface area (Å²) >= 11 is 5.77. The molecule has 9 heteroatoms. The van der Waals surface area contributed by atoms with Gasteiger partial charge in [0.15, 0.2) is 0 Å². The van der Waals surface area contributed by atoms with E-state index in [2.05, 4.69) is 10.6 Å². The van der Waals surface area contributed by atoms with Crippen LogP contribution in [0.2, 0.25) is 5.02 Å². The number of carbonyl (C=O) groups is 1. The van der Waals surface area contributed by atoms with Crippen molar-refractivity contribution >= 4 is 34.6 Å². The summed E-state index contributed by atoms with van der Waals surface area (Å²) in [6.07, 6.45) is 1.15. The van der Waals surface area contributed by atoms with Crippen LogP contribution in [0, 0.1) is 21.4 Å². The summed E-state index contributed by atoms with van der Waals surface area (Å²) in [5.74, 6) is -0.325. The van der Waals surface area contributed by atoms with Crippen LogP contribution in [0.1, 0.15) is 0 Å². The van der Waals surface area contributed by atoms with Gasteiger partial charge in [-0.2, -0.15) is 5.26 Å². The standard InChI is InChI=1S/C17H13ClN4O4/c1-26-16-7-6-14(22(24)25)8-15(16)20-10-11(9-19)17(23)21-13-4-2-12(18)3-5-13/h2-8,10,20H,1H3,(H,21,23)/b11-10-. The Morgan fingerprint density at radius 1 is 1.31 bits per heavy atom. The number of rotatable bonds is 6. The first-order valence-corrected chi connectivity index (χ1v) is 7.58. The third-order valence-electron chi connectivity index (χ3n) is 3.23. The van der Waals surface area contributed by atoms with E-state index in [-0.39, 0.29) is 16.9 Å². The number of hydrogen-bond donors (Lipinski definition) is 2. The van der Waals surface area contributed by atoms with Gasteiger partial charge in [-0.15, -0.1) is 0 Å². The van der Waals surface area contributed by atoms with E-state index in [4.69, 9.17) is 16.3 Å². The molecule has 0 atom stereocenters. The Balaban J connectivity index is 2.20. The summed E-state index contributed by atoms with van der Waals surface area (Å²) in [5, 5.41) is 25.8. The Morgan fingerprint density at radius 2 is 2.00 bits per heavy atom. The van der Waals surface area contributed by atoms with Crippen molar-refractivity contribution in [1.82, 2.24) is 0 Å². The predicted octanol–water partition coefficient (Wildman–Crippen LogP) is 3.71. The second-order valence-corrected chi connectivity index (χ2v) is 5.35. The van der Waals surface area contributed by atoms with E-state index in [0.29, 0.717) is 16.5 Å². The Bertz CT molecular complexity index is 904. The van der Waals surface area contributed by atoms with E-state index in [9.17, 15) is 20.2 Å². The van der Waals surface area contributed by atoms with E-state index in [1.165, 1.54) is 25.3 Å². The van der Waals surface area contributed by atoms with Crippen molar-refractivity contribution in [1.29, 1.82) is 5.26 Å². The Kier molecular flexibility index (Phi) is 6.14. The molecule has 0 aliphatic carbocycles. The van der Waals surface area contributed by atoms with Crippen LogP contribution in [-0.4, -0.2) is 17.9 Å². The van der Waals surface area contributed by atoms with Crippen molar-refractivity contribution in [2.24, 2.45) is 0 Å². The van der Waals surface area contributed by atoms with Crippen LogP contribution in [-0.2, 0) is 4.79 Å². The number of benzene rings is 2. The van der Waals surface area contributed by atoms with Gasteiger partial charge in [-0.3, -0.25) is 14.9 Å². The van der Waals surface area contributed by atoms with Gasteiger partial charge in [0.05, 0.1) is 17.7 Å². The summed E-state index contributed by atoms with van der Waals surface area (Å²) in [7, 11) is 1.40. The third kappa shape index (κ3) is 4.72. The van der Waals surface area contributed by atoms with Crippen LogP contribution in [0.3, 0.4) is 0 Å². The number of nitrogens with one attached hydrogen (secondary N) is 2. The number of halogens is 1. The molecule has 0 aliphatic heterocycles. The fraction of sp³-hybridized carbons (Fsp3) is 0.0588. The number of nitro groups is 1. The van der Waals surface area contributed by atoms with Gasteiger partial charge in [0.25, 0.3) is 11.6 Å². The number of methoxy groups -OCH3 is 1. The lowest BCUT2D eigenvalue weighted by Crippen LogP contribution is -2.14. The van der Waals surface area contributed by atoms with Gasteiger partial charge in [-0.1, -0.05) is 11.6 Å². The SMILES string of the molecule is COc1ccc([N+](=O)[O-])cc1N/C=C(/C#N)C(=O)Nc1ccc(Cl)cc1. The van der Waals surface area contributed by atoms with Crippen molar-refractivity contribution in [3.05, 3.63) is 69.4 Å². The van der Waals surface area contributed by atoms with Crippen molar-refractivity contribution in [3.8, 4) is 11.8 Å². The zero-order valence-electron chi connectivity index (χ0n) is 13.5. The van der Waals surface area contributed by atoms with Crippen LogP contribution in [0.4, 0.5) is 17.1 Å². The summed E-state index contributed by atoms with van der Waals surface area (Å²) in [6, 6.07) is 12.1. The molecule has 0 saturated carbocycles. The highest BCUT2D eigenvalue weighted by molar-refractivity contribution is 6.30. The average molecular weight is 373 g/mol. The summed E-state index contributed by atoms with van der Waals surface area (Å²) in [4.78, 5) is 22.5. The first kappa shape index (κ1) is 18.8. The minimum Gasteiger partial charge on any atom is -0.495 e. The van der Waals surface area contributed by atoms with E-state index in [1.54, 1.807) is 30.3 Å². The van der Waals surface area contributed by atoms with E-state index in [0.717, 1.165) is 6.20 Å². The first-order chi connectivity index (χ1) is 12.4. The Morgan fingerprint density at radius 3 is 2.58 bits per heavy atom. The molecule has 0 radical (unpaired) electrons. The van der Waals surface area contributed by atoms with Gasteiger partial charge in [-0.05, 0) is 30.3 Å². The molecular formula is C17H13ClN4O4. The Labute approximate surface area is 153 Å². The highest BCUT2D eigenvalue weighted by Gasteiger charge is 2.13. The second kappa shape index (κ2) is 8.50. The lowest BCUT2D eigenvalue weighted by molar-refractivity contribution is -0.384. The number of amides is 1. The van der Waals surface area contributed by atoms with Gasteiger partial charge in [0, 0.05) is 29.0 Å². The maximum Gasteiger partial charge on any atom is 0.271 e. The van der Waals surface area contributed by atoms with Crippen molar-refractivity contribution in [2.75, 3.05) is 17.7 Å². The highest BCUT2D eigenvalue weighted by atomic mass is 35.5. The van der Waals surface area contributed by atoms with Crippen molar-refractivity contribution in [2.45, 2.75) is 0 Å². The number of hydrogen-bond acceptors (Lipinski definition) is 6. The second-order valence-electron chi connectivity index (χ2n) is 4.92. The van der Waals surface area contributed by atoms with Gasteiger partial charge in [0.1, 0.15) is 17.4 Å². The smallest absolute Gasteiger partial charge is 0.271 e. The minimum absolute atomic E-state index is 0.161. The molecule has 2 aromatic rings. The molecule has 0 fully saturated rings. The molecule has 0 bridgehead atoms. The molecule has 0 aromatic heterocycles. The molecule has 0 aliphatic rings. The minimum atomic E-state index is -0.647. The molecule has 1 amide bonds. The number of nitro benzene ring substituents is 1. The van der Waals surface area contributed by atoms with Crippen LogP contribution in [0.5, 0.6) is 5.75 Å². The number of nitrogens with zero attached hydrogens (tertiary/aromatic N) is 2. The van der Waals surface area contributed by atoms with Gasteiger partial charge in [-0.25, -0.2) is 0 Å². The van der Waals surface area contributed by atoms with Crippen LogP contribution < -0.4 is 15.4 Å². The predicted molar refractivity (Wildman–Crippen MR) is 97.0 cm³/mol. The highest BCUT2D eigenvalue weighted by Crippen LogP contribution is 2.29. The average Bonchev–Trinajstić information content (AvgIpc) is 2.63. The number of anilines is 2. The van der Waals surface area contributed by atoms with E-state index >= 15 is 0 Å². The maximum atomic E-state index is 12.2. The molecule has 0 unspecified atom stereocenters. The van der Waals surface area contributed by atoms with Crippen molar-refractivity contribution < 1.29 is 14.5 Å². The topological polar surface area (TPSA) is 117 Å². The molecule has 2 rings (SSSR count). The summed E-state index contributed by atoms with van der Waals surface area (Å²) in [6.45, 7) is 0. The fourth-order valence-electron chi connectivity index (χ4n) is 1.95. The van der Waals surface area contributed by atoms with Crippen LogP contribution in [0.25, 0.3) is 0 Å². The molecule has 8 nitrogen and oxygen atoms in total. The Hall–Kier alpha value is -3.57. The monoisotopic (exact) mass is 372 g/mol. The normalized spacial score (nSPS) is 10.6. The molecular weight excluding hydrogens is 360 g/mol. The van der Waals surface area contributed by atoms with Crippen molar-refractivity contribution in [3.63, 3.8) is 0 Å². The van der Waals surface area contributed by atoms with Gasteiger partial charge in [0.2, 0.25) is 0 Å². The largest absolute Gasteiger partial charge is 0.495 e. The van der Waals surface area contributed by atoms with Crippen LogP contribution in [0.15, 0.2) is 54.2 Å². The fourth-order valence-corrected chi connectivity index (χ4v) is 2.08. The van der Waals surface area contributed by atoms with E-state index in [1.807, 2.05) is 0 Å². The third-order valence-corrected chi connectivity index (χ3v) is 3.49. The number of nitriles is 1. The molecule has 2 N–H and O–H groups in total. The number of carbonyl (C=O) groups excluding carboxylic acids is 1. The number of ether oxygens (including phenoxy) is 1. The summed E-state index contributed by atoms with van der Waals surface area (Å²) < 4.78 is 5.10. The molecule has 26 heavy (non-hydrogen) atoms. The zero-order valence-corrected chi connectivity index (χ0v) is 14.3. The molecule has 0 saturated heterocycles. The lowest BCUT2D eigenvalue weighted by atomic mass is 10.2. The molecule has 2 aromatic carbocycles. The molecule has 132 valence electrons. The van der Waals surface area contributed by atoms with Gasteiger partial charge >= 0.3 is 0 Å².